The van der Waals surface area contributed by atoms with E-state index in [1.165, 1.54) is 16.4 Å². The lowest BCUT2D eigenvalue weighted by molar-refractivity contribution is -0.137. The van der Waals surface area contributed by atoms with Gasteiger partial charge in [-0.1, -0.05) is 6.07 Å². The van der Waals surface area contributed by atoms with Crippen LogP contribution in [0, 0.1) is 0 Å². The lowest BCUT2D eigenvalue weighted by Crippen LogP contribution is -2.62. The van der Waals surface area contributed by atoms with E-state index in [4.69, 9.17) is 4.74 Å². The summed E-state index contributed by atoms with van der Waals surface area (Å²) in [6.07, 6.45) is -0.768. The van der Waals surface area contributed by atoms with Crippen molar-refractivity contribution in [3.63, 3.8) is 0 Å². The minimum atomic E-state index is -4.44. The van der Waals surface area contributed by atoms with E-state index in [2.05, 4.69) is 4.98 Å². The molecule has 13 heteroatoms. The van der Waals surface area contributed by atoms with Crippen LogP contribution in [0.1, 0.15) is 36.8 Å². The summed E-state index contributed by atoms with van der Waals surface area (Å²) >= 11 is 0. The molecule has 0 atom stereocenters. The smallest absolute Gasteiger partial charge is 0.416 e. The number of piperidine rings is 2. The van der Waals surface area contributed by atoms with Gasteiger partial charge in [0.15, 0.2) is 4.75 Å². The third kappa shape index (κ3) is 5.89. The average Bonchev–Trinajstić information content (AvgIpc) is 2.89. The molecule has 2 aliphatic rings. The number of amides is 1. The molecule has 9 nitrogen and oxygen atoms in total. The Hall–Kier alpha value is -2.74. The number of benzene rings is 1. The summed E-state index contributed by atoms with van der Waals surface area (Å²) < 4.78 is 70.9. The fourth-order valence-electron chi connectivity index (χ4n) is 4.88. The summed E-state index contributed by atoms with van der Waals surface area (Å²) in [6.45, 7) is 1.43. The van der Waals surface area contributed by atoms with Crippen molar-refractivity contribution >= 4 is 15.9 Å². The van der Waals surface area contributed by atoms with Crippen LogP contribution in [0.25, 0.3) is 0 Å². The highest BCUT2D eigenvalue weighted by molar-refractivity contribution is 7.91. The van der Waals surface area contributed by atoms with Crippen LogP contribution in [0.15, 0.2) is 48.8 Å². The van der Waals surface area contributed by atoms with Gasteiger partial charge in [0.1, 0.15) is 11.9 Å². The number of pyridine rings is 1. The molecule has 202 valence electrons. The molecule has 4 rings (SSSR count). The molecule has 2 aromatic rings. The first-order valence-corrected chi connectivity index (χ1v) is 13.4. The van der Waals surface area contributed by atoms with Crippen LogP contribution in [0.3, 0.4) is 0 Å². The molecule has 1 aromatic carbocycles. The third-order valence-electron chi connectivity index (χ3n) is 7.03. The Kier molecular flexibility index (Phi) is 8.07. The molecule has 0 bridgehead atoms. The van der Waals surface area contributed by atoms with Gasteiger partial charge in [0, 0.05) is 45.1 Å². The summed E-state index contributed by atoms with van der Waals surface area (Å²) in [5, 5.41) is 9.40. The number of sulfonamides is 1. The SMILES string of the molecule is O=C(NO)C1(S(=O)(=O)N2CCC(Oc3ccc(C(F)(F)F)cc3)CC2)CCN(Cc2cccnc2)CC1. The predicted octanol–water partition coefficient (Wildman–Crippen LogP) is 2.81. The molecule has 3 heterocycles. The third-order valence-corrected chi connectivity index (χ3v) is 9.65. The van der Waals surface area contributed by atoms with Crippen LogP contribution >= 0.6 is 0 Å². The van der Waals surface area contributed by atoms with Gasteiger partial charge in [-0.25, -0.2) is 18.2 Å². The summed E-state index contributed by atoms with van der Waals surface area (Å²) in [7, 11) is -4.13. The first kappa shape index (κ1) is 27.3. The van der Waals surface area contributed by atoms with Crippen molar-refractivity contribution in [2.24, 2.45) is 0 Å². The standard InChI is InChI=1S/C24H29F3N4O5S/c25-24(26,27)19-3-5-20(6-4-19)36-21-7-12-31(13-8-21)37(34,35)23(22(32)29-33)9-14-30(15-10-23)17-18-2-1-11-28-16-18/h1-6,11,16,21,33H,7-10,12-15,17H2,(H,29,32). The molecule has 2 N–H and O–H groups in total. The second-order valence-corrected chi connectivity index (χ2v) is 11.6. The second-order valence-electron chi connectivity index (χ2n) is 9.32. The highest BCUT2D eigenvalue weighted by atomic mass is 32.2. The van der Waals surface area contributed by atoms with Gasteiger partial charge in [-0.2, -0.15) is 13.2 Å². The van der Waals surface area contributed by atoms with E-state index in [1.807, 2.05) is 17.0 Å². The van der Waals surface area contributed by atoms with Gasteiger partial charge in [-0.15, -0.1) is 0 Å². The molecule has 1 aromatic heterocycles. The predicted molar refractivity (Wildman–Crippen MR) is 127 cm³/mol. The van der Waals surface area contributed by atoms with Gasteiger partial charge < -0.3 is 4.74 Å². The minimum absolute atomic E-state index is 0.0178. The van der Waals surface area contributed by atoms with Crippen molar-refractivity contribution in [1.29, 1.82) is 0 Å². The summed E-state index contributed by atoms with van der Waals surface area (Å²) in [5.41, 5.74) is 1.76. The Morgan fingerprint density at radius 2 is 1.76 bits per heavy atom. The summed E-state index contributed by atoms with van der Waals surface area (Å²) in [6, 6.07) is 8.10. The number of carbonyl (C=O) groups excluding carboxylic acids is 1. The van der Waals surface area contributed by atoms with Crippen molar-refractivity contribution in [1.82, 2.24) is 19.7 Å². The largest absolute Gasteiger partial charge is 0.490 e. The first-order valence-electron chi connectivity index (χ1n) is 11.9. The molecule has 37 heavy (non-hydrogen) atoms. The van der Waals surface area contributed by atoms with Gasteiger partial charge in [-0.3, -0.25) is 19.9 Å². The van der Waals surface area contributed by atoms with Gasteiger partial charge in [0.25, 0.3) is 5.91 Å². The number of likely N-dealkylation sites (tertiary alicyclic amines) is 1. The zero-order valence-electron chi connectivity index (χ0n) is 20.0. The van der Waals surface area contributed by atoms with E-state index in [1.54, 1.807) is 17.9 Å². The Morgan fingerprint density at radius 1 is 1.11 bits per heavy atom. The normalized spacial score (nSPS) is 19.9. The number of ether oxygens (including phenoxy) is 1. The van der Waals surface area contributed by atoms with Gasteiger partial charge in [0.05, 0.1) is 5.56 Å². The molecule has 2 fully saturated rings. The van der Waals surface area contributed by atoms with Crippen molar-refractivity contribution in [3.05, 3.63) is 59.9 Å². The van der Waals surface area contributed by atoms with E-state index in [0.717, 1.165) is 17.7 Å². The van der Waals surface area contributed by atoms with Crippen LogP contribution in [0.5, 0.6) is 5.75 Å². The van der Waals surface area contributed by atoms with Crippen LogP contribution in [0.4, 0.5) is 13.2 Å². The Balaban J connectivity index is 1.39. The zero-order chi connectivity index (χ0) is 26.7. The molecule has 2 aliphatic heterocycles. The van der Waals surface area contributed by atoms with E-state index in [9.17, 15) is 31.6 Å². The van der Waals surface area contributed by atoms with Gasteiger partial charge >= 0.3 is 6.18 Å². The van der Waals surface area contributed by atoms with Crippen LogP contribution < -0.4 is 10.2 Å². The van der Waals surface area contributed by atoms with Crippen LogP contribution in [0.2, 0.25) is 0 Å². The average molecular weight is 543 g/mol. The van der Waals surface area contributed by atoms with E-state index >= 15 is 0 Å². The molecular weight excluding hydrogens is 513 g/mol. The molecule has 0 spiro atoms. The van der Waals surface area contributed by atoms with E-state index < -0.39 is 32.4 Å². The molecule has 2 saturated heterocycles. The molecular formula is C24H29F3N4O5S. The summed E-state index contributed by atoms with van der Waals surface area (Å²) in [5.74, 6) is -0.678. The van der Waals surface area contributed by atoms with Crippen molar-refractivity contribution < 1.29 is 36.3 Å². The maximum atomic E-state index is 13.7. The number of carbonyl (C=O) groups is 1. The first-order chi connectivity index (χ1) is 17.5. The topological polar surface area (TPSA) is 112 Å². The van der Waals surface area contributed by atoms with Crippen molar-refractivity contribution in [2.45, 2.75) is 49.3 Å². The Labute approximate surface area is 213 Å². The lowest BCUT2D eigenvalue weighted by Gasteiger charge is -2.43. The van der Waals surface area contributed by atoms with E-state index in [0.29, 0.717) is 32.5 Å². The van der Waals surface area contributed by atoms with Crippen molar-refractivity contribution in [2.75, 3.05) is 26.2 Å². The monoisotopic (exact) mass is 542 g/mol. The Morgan fingerprint density at radius 3 is 2.30 bits per heavy atom. The summed E-state index contributed by atoms with van der Waals surface area (Å²) in [4.78, 5) is 18.9. The quantitative estimate of drug-likeness (QED) is 0.409. The number of alkyl halides is 3. The number of hydrogen-bond donors (Lipinski definition) is 2. The number of nitrogens with one attached hydrogen (secondary N) is 1. The van der Waals surface area contributed by atoms with Gasteiger partial charge in [-0.05, 0) is 61.6 Å². The highest BCUT2D eigenvalue weighted by Gasteiger charge is 2.55. The maximum absolute atomic E-state index is 13.7. The minimum Gasteiger partial charge on any atom is -0.490 e. The molecule has 1 amide bonds. The van der Waals surface area contributed by atoms with Crippen molar-refractivity contribution in [3.8, 4) is 5.75 Å². The molecule has 0 aliphatic carbocycles. The second kappa shape index (κ2) is 10.9. The van der Waals surface area contributed by atoms with Crippen LogP contribution in [-0.4, -0.2) is 70.8 Å². The Bertz CT molecular complexity index is 1160. The molecule has 0 saturated carbocycles. The fraction of sp³-hybridized carbons (Fsp3) is 0.500. The lowest BCUT2D eigenvalue weighted by atomic mass is 9.94. The molecule has 0 unspecified atom stereocenters. The number of hydroxylamine groups is 1. The maximum Gasteiger partial charge on any atom is 0.416 e. The van der Waals surface area contributed by atoms with Gasteiger partial charge in [0.2, 0.25) is 10.0 Å². The molecule has 0 radical (unpaired) electrons. The van der Waals surface area contributed by atoms with E-state index in [-0.39, 0.29) is 37.8 Å². The number of aromatic nitrogens is 1. The fourth-order valence-corrected chi connectivity index (χ4v) is 7.04. The highest BCUT2D eigenvalue weighted by Crippen LogP contribution is 2.36. The number of nitrogens with zero attached hydrogens (tertiary/aromatic N) is 3. The number of rotatable bonds is 7. The number of hydrogen-bond acceptors (Lipinski definition) is 7. The zero-order valence-corrected chi connectivity index (χ0v) is 20.8. The van der Waals surface area contributed by atoms with Crippen LogP contribution in [-0.2, 0) is 27.5 Å². The number of halogens is 3.